The van der Waals surface area contributed by atoms with E-state index in [-0.39, 0.29) is 9.92 Å². The summed E-state index contributed by atoms with van der Waals surface area (Å²) in [5.74, 6) is -5.70. The summed E-state index contributed by atoms with van der Waals surface area (Å²) in [6.07, 6.45) is 0. The number of hydrogen-bond acceptors (Lipinski definition) is 3. The van der Waals surface area contributed by atoms with Crippen molar-refractivity contribution < 1.29 is 26.4 Å². The van der Waals surface area contributed by atoms with Crippen LogP contribution in [0.1, 0.15) is 5.56 Å². The van der Waals surface area contributed by atoms with Crippen LogP contribution in [0.2, 0.25) is 5.02 Å². The van der Waals surface area contributed by atoms with E-state index in [0.29, 0.717) is 11.6 Å². The number of halogens is 4. The van der Waals surface area contributed by atoms with Crippen molar-refractivity contribution in [3.8, 4) is 0 Å². The first-order valence-electron chi connectivity index (χ1n) is 6.81. The van der Waals surface area contributed by atoms with E-state index >= 15 is 0 Å². The van der Waals surface area contributed by atoms with Crippen LogP contribution in [0.5, 0.6) is 0 Å². The molecule has 10 heteroatoms. The zero-order valence-corrected chi connectivity index (χ0v) is 14.3. The molecule has 2 N–H and O–H groups in total. The van der Waals surface area contributed by atoms with Crippen LogP contribution in [0.4, 0.5) is 18.9 Å². The molecule has 0 atom stereocenters. The lowest BCUT2D eigenvalue weighted by atomic mass is 10.2. The van der Waals surface area contributed by atoms with E-state index in [9.17, 15) is 26.4 Å². The number of carbonyl (C=O) groups excluding carboxylic acids is 1. The lowest BCUT2D eigenvalue weighted by Crippen LogP contribution is -2.33. The number of nitrogens with one attached hydrogen (secondary N) is 2. The summed E-state index contributed by atoms with van der Waals surface area (Å²) in [5, 5.41) is 2.18. The summed E-state index contributed by atoms with van der Waals surface area (Å²) in [6.45, 7) is 0.947. The Labute approximate surface area is 146 Å². The molecule has 25 heavy (non-hydrogen) atoms. The van der Waals surface area contributed by atoms with E-state index in [1.807, 2.05) is 10.0 Å². The second-order valence-corrected chi connectivity index (χ2v) is 7.18. The first-order chi connectivity index (χ1) is 11.6. The van der Waals surface area contributed by atoms with Crippen LogP contribution < -0.4 is 10.0 Å². The molecule has 0 aliphatic carbocycles. The van der Waals surface area contributed by atoms with Gasteiger partial charge in [0.2, 0.25) is 15.9 Å². The molecule has 0 aliphatic rings. The van der Waals surface area contributed by atoms with Gasteiger partial charge in [-0.25, -0.2) is 26.3 Å². The molecule has 2 aromatic rings. The molecule has 0 spiro atoms. The normalized spacial score (nSPS) is 11.4. The fourth-order valence-corrected chi connectivity index (χ4v) is 3.05. The van der Waals surface area contributed by atoms with E-state index in [1.165, 1.54) is 18.2 Å². The molecule has 0 unspecified atom stereocenters. The van der Waals surface area contributed by atoms with Gasteiger partial charge in [-0.1, -0.05) is 17.7 Å². The molecule has 0 fully saturated rings. The van der Waals surface area contributed by atoms with E-state index in [2.05, 4.69) is 0 Å². The quantitative estimate of drug-likeness (QED) is 0.768. The minimum Gasteiger partial charge on any atom is -0.322 e. The molecule has 0 bridgehead atoms. The largest absolute Gasteiger partial charge is 0.322 e. The molecule has 0 saturated carbocycles. The van der Waals surface area contributed by atoms with E-state index in [4.69, 9.17) is 11.6 Å². The van der Waals surface area contributed by atoms with E-state index in [1.54, 1.807) is 6.92 Å². The topological polar surface area (TPSA) is 75.3 Å². The van der Waals surface area contributed by atoms with Crippen molar-refractivity contribution in [3.63, 3.8) is 0 Å². The Hall–Kier alpha value is -2.10. The summed E-state index contributed by atoms with van der Waals surface area (Å²) >= 11 is 5.86. The second-order valence-electron chi connectivity index (χ2n) is 5.01. The molecule has 2 rings (SSSR count). The molecule has 0 radical (unpaired) electrons. The van der Waals surface area contributed by atoms with Crippen molar-refractivity contribution in [3.05, 3.63) is 58.4 Å². The van der Waals surface area contributed by atoms with Crippen LogP contribution in [0.15, 0.2) is 35.2 Å². The van der Waals surface area contributed by atoms with Gasteiger partial charge in [0.1, 0.15) is 0 Å². The van der Waals surface area contributed by atoms with E-state index in [0.717, 1.165) is 6.07 Å². The van der Waals surface area contributed by atoms with Crippen LogP contribution in [-0.4, -0.2) is 20.9 Å². The molecule has 2 aromatic carbocycles. The van der Waals surface area contributed by atoms with Crippen molar-refractivity contribution in [1.29, 1.82) is 0 Å². The Morgan fingerprint density at radius 2 is 1.80 bits per heavy atom. The number of aryl methyl sites for hydroxylation is 1. The summed E-state index contributed by atoms with van der Waals surface area (Å²) in [4.78, 5) is 11.6. The SMILES string of the molecule is Cc1ccc(S(=O)(=O)NCC(=O)Nc2ccc(F)c(F)c2F)cc1Cl. The predicted octanol–water partition coefficient (Wildman–Crippen LogP) is 2.98. The fourth-order valence-electron chi connectivity index (χ4n) is 1.80. The smallest absolute Gasteiger partial charge is 0.241 e. The first-order valence-corrected chi connectivity index (χ1v) is 8.67. The van der Waals surface area contributed by atoms with Gasteiger partial charge >= 0.3 is 0 Å². The van der Waals surface area contributed by atoms with Crippen LogP contribution >= 0.6 is 11.6 Å². The van der Waals surface area contributed by atoms with Crippen molar-refractivity contribution in [1.82, 2.24) is 4.72 Å². The molecular weight excluding hydrogens is 381 g/mol. The third-order valence-corrected chi connectivity index (χ3v) is 4.99. The first kappa shape index (κ1) is 19.2. The van der Waals surface area contributed by atoms with Gasteiger partial charge in [-0.05, 0) is 36.8 Å². The third kappa shape index (κ3) is 4.50. The van der Waals surface area contributed by atoms with Crippen LogP contribution in [0.25, 0.3) is 0 Å². The Balaban J connectivity index is 2.06. The van der Waals surface area contributed by atoms with E-state index < -0.39 is 45.6 Å². The van der Waals surface area contributed by atoms with Crippen LogP contribution in [-0.2, 0) is 14.8 Å². The zero-order valence-electron chi connectivity index (χ0n) is 12.7. The lowest BCUT2D eigenvalue weighted by Gasteiger charge is -2.10. The minimum atomic E-state index is -4.03. The average Bonchev–Trinajstić information content (AvgIpc) is 2.56. The number of benzene rings is 2. The highest BCUT2D eigenvalue weighted by atomic mass is 35.5. The molecule has 5 nitrogen and oxygen atoms in total. The fraction of sp³-hybridized carbons (Fsp3) is 0.133. The Bertz CT molecular complexity index is 936. The van der Waals surface area contributed by atoms with Gasteiger partial charge in [0.15, 0.2) is 17.5 Å². The number of carbonyl (C=O) groups is 1. The van der Waals surface area contributed by atoms with Crippen LogP contribution in [0.3, 0.4) is 0 Å². The van der Waals surface area contributed by atoms with Gasteiger partial charge < -0.3 is 5.32 Å². The standard InChI is InChI=1S/C15H12ClF3N2O3S/c1-8-2-3-9(6-10(8)16)25(23,24)20-7-13(22)21-12-5-4-11(17)14(18)15(12)19/h2-6,20H,7H2,1H3,(H,21,22). The highest BCUT2D eigenvalue weighted by Gasteiger charge is 2.18. The highest BCUT2D eigenvalue weighted by Crippen LogP contribution is 2.21. The molecule has 0 aliphatic heterocycles. The molecule has 134 valence electrons. The maximum Gasteiger partial charge on any atom is 0.241 e. The highest BCUT2D eigenvalue weighted by molar-refractivity contribution is 7.89. The van der Waals surface area contributed by atoms with Gasteiger partial charge in [0.25, 0.3) is 0 Å². The van der Waals surface area contributed by atoms with Crippen molar-refractivity contribution in [2.45, 2.75) is 11.8 Å². The monoisotopic (exact) mass is 392 g/mol. The third-order valence-electron chi connectivity index (χ3n) is 3.19. The summed E-state index contributed by atoms with van der Waals surface area (Å²) in [6, 6.07) is 5.46. The van der Waals surface area contributed by atoms with Gasteiger partial charge in [0.05, 0.1) is 17.1 Å². The average molecular weight is 393 g/mol. The molecule has 0 heterocycles. The van der Waals surface area contributed by atoms with Gasteiger partial charge in [-0.2, -0.15) is 0 Å². The molecule has 0 aromatic heterocycles. The minimum absolute atomic E-state index is 0.157. The number of hydrogen-bond donors (Lipinski definition) is 2. The molecule has 1 amide bonds. The summed E-state index contributed by atoms with van der Waals surface area (Å²) in [5.41, 5.74) is 0.0636. The Morgan fingerprint density at radius 1 is 1.12 bits per heavy atom. The van der Waals surface area contributed by atoms with Gasteiger partial charge in [0, 0.05) is 5.02 Å². The van der Waals surface area contributed by atoms with Crippen molar-refractivity contribution >= 4 is 33.2 Å². The van der Waals surface area contributed by atoms with Crippen molar-refractivity contribution in [2.24, 2.45) is 0 Å². The van der Waals surface area contributed by atoms with Gasteiger partial charge in [-0.15, -0.1) is 0 Å². The maximum atomic E-state index is 13.5. The second kappa shape index (κ2) is 7.42. The lowest BCUT2D eigenvalue weighted by molar-refractivity contribution is -0.115. The molecule has 0 saturated heterocycles. The number of amides is 1. The summed E-state index contributed by atoms with van der Waals surface area (Å²) < 4.78 is 65.5. The Kier molecular flexibility index (Phi) is 5.71. The summed E-state index contributed by atoms with van der Waals surface area (Å²) in [7, 11) is -4.03. The van der Waals surface area contributed by atoms with Crippen LogP contribution in [0, 0.1) is 24.4 Å². The number of anilines is 1. The predicted molar refractivity (Wildman–Crippen MR) is 86.3 cm³/mol. The Morgan fingerprint density at radius 3 is 2.44 bits per heavy atom. The van der Waals surface area contributed by atoms with Gasteiger partial charge in [-0.3, -0.25) is 4.79 Å². The number of sulfonamides is 1. The zero-order chi connectivity index (χ0) is 18.8. The maximum absolute atomic E-state index is 13.5. The number of rotatable bonds is 5. The molecular formula is C15H12ClF3N2O3S. The van der Waals surface area contributed by atoms with Crippen molar-refractivity contribution in [2.75, 3.05) is 11.9 Å².